The van der Waals surface area contributed by atoms with Crippen molar-refractivity contribution in [2.75, 3.05) is 25.0 Å². The average Bonchev–Trinajstić information content (AvgIpc) is 2.95. The summed E-state index contributed by atoms with van der Waals surface area (Å²) in [5.41, 5.74) is 3.19. The smallest absolute Gasteiger partial charge is 0.396 e. The quantitative estimate of drug-likeness (QED) is 0.175. The highest BCUT2D eigenvalue weighted by Crippen LogP contribution is 2.35. The van der Waals surface area contributed by atoms with Crippen molar-refractivity contribution in [2.24, 2.45) is 11.0 Å². The van der Waals surface area contributed by atoms with Gasteiger partial charge in [0.15, 0.2) is 0 Å². The summed E-state index contributed by atoms with van der Waals surface area (Å²) in [7, 11) is 0. The van der Waals surface area contributed by atoms with Gasteiger partial charge in [-0.1, -0.05) is 45.7 Å². The summed E-state index contributed by atoms with van der Waals surface area (Å²) in [6.07, 6.45) is -0.585. The fourth-order valence-corrected chi connectivity index (χ4v) is 5.30. The monoisotopic (exact) mass is 664 g/mol. The van der Waals surface area contributed by atoms with Crippen LogP contribution in [0.25, 0.3) is 0 Å². The maximum absolute atomic E-state index is 13.1. The van der Waals surface area contributed by atoms with Crippen molar-refractivity contribution in [3.05, 3.63) is 98.0 Å². The minimum Gasteiger partial charge on any atom is -0.396 e. The van der Waals surface area contributed by atoms with Crippen molar-refractivity contribution in [3.63, 3.8) is 0 Å². The van der Waals surface area contributed by atoms with E-state index in [9.17, 15) is 22.8 Å². The van der Waals surface area contributed by atoms with Crippen molar-refractivity contribution in [2.45, 2.75) is 32.0 Å². The largest absolute Gasteiger partial charge is 0.417 e. The lowest BCUT2D eigenvalue weighted by Gasteiger charge is -2.31. The number of alkyl halides is 3. The number of nitrogens with zero attached hydrogens (tertiary/aromatic N) is 2. The number of rotatable bonds is 9. The van der Waals surface area contributed by atoms with Crippen LogP contribution in [0.3, 0.4) is 0 Å². The summed E-state index contributed by atoms with van der Waals surface area (Å²) in [5, 5.41) is 15.2. The molecule has 0 aromatic heterocycles. The molecule has 0 spiro atoms. The van der Waals surface area contributed by atoms with Gasteiger partial charge in [0.05, 0.1) is 28.1 Å². The normalized spacial score (nSPS) is 14.7. The second-order valence-corrected chi connectivity index (χ2v) is 11.3. The molecule has 3 N–H and O–H groups in total. The number of hydrogen-bond acceptors (Lipinski definition) is 5. The second-order valence-electron chi connectivity index (χ2n) is 10.0. The first-order valence-electron chi connectivity index (χ1n) is 13.3. The Labute approximate surface area is 254 Å². The molecule has 222 valence electrons. The molecule has 0 aliphatic carbocycles. The third-order valence-electron chi connectivity index (χ3n) is 7.02. The number of aliphatic hydroxyl groups excluding tert-OH is 1. The molecule has 1 saturated heterocycles. The van der Waals surface area contributed by atoms with Gasteiger partial charge in [0.2, 0.25) is 0 Å². The first-order valence-corrected chi connectivity index (χ1v) is 14.4. The van der Waals surface area contributed by atoms with Gasteiger partial charge in [-0.25, -0.2) is 5.43 Å². The van der Waals surface area contributed by atoms with Gasteiger partial charge in [-0.3, -0.25) is 14.5 Å². The van der Waals surface area contributed by atoms with Gasteiger partial charge in [0.25, 0.3) is 11.8 Å². The lowest BCUT2D eigenvalue weighted by molar-refractivity contribution is -0.137. The first-order chi connectivity index (χ1) is 20.0. The lowest BCUT2D eigenvalue weighted by Crippen LogP contribution is -2.33. The van der Waals surface area contributed by atoms with Crippen LogP contribution < -0.4 is 10.7 Å². The number of aliphatic hydroxyl groups is 1. The third-order valence-corrected chi connectivity index (χ3v) is 7.84. The Hall–Kier alpha value is -3.25. The molecule has 0 saturated carbocycles. The number of halogens is 5. The molecule has 1 fully saturated rings. The molecule has 2 amide bonds. The fourth-order valence-electron chi connectivity index (χ4n) is 4.71. The molecule has 1 aliphatic rings. The molecule has 0 radical (unpaired) electrons. The number of benzene rings is 3. The molecular weight excluding hydrogens is 637 g/mol. The summed E-state index contributed by atoms with van der Waals surface area (Å²) < 4.78 is 39.9. The Morgan fingerprint density at radius 1 is 1.05 bits per heavy atom. The highest BCUT2D eigenvalue weighted by Gasteiger charge is 2.33. The van der Waals surface area contributed by atoms with Crippen molar-refractivity contribution in [3.8, 4) is 0 Å². The van der Waals surface area contributed by atoms with E-state index in [1.165, 1.54) is 12.1 Å². The Balaban J connectivity index is 1.38. The van der Waals surface area contributed by atoms with Crippen LogP contribution in [0.15, 0.2) is 70.2 Å². The Morgan fingerprint density at radius 3 is 2.43 bits per heavy atom. The minimum absolute atomic E-state index is 0.0874. The highest BCUT2D eigenvalue weighted by atomic mass is 79.9. The molecular formula is C30H29BrClF3N4O3. The SMILES string of the molecule is O=C(Nc1ccc(Br)cc1C(=O)N/N=C\c1ccc(Cl)c(C(F)(F)F)c1)c1ccc(CN2CCC(CCO)CC2)cc1. The molecule has 4 rings (SSSR count). The molecule has 7 nitrogen and oxygen atoms in total. The van der Waals surface area contributed by atoms with Crippen LogP contribution in [-0.4, -0.2) is 47.7 Å². The second kappa shape index (κ2) is 14.3. The van der Waals surface area contributed by atoms with Gasteiger partial charge in [0, 0.05) is 23.2 Å². The zero-order chi connectivity index (χ0) is 30.3. The fraction of sp³-hybridized carbons (Fsp3) is 0.300. The summed E-state index contributed by atoms with van der Waals surface area (Å²) in [4.78, 5) is 28.2. The van der Waals surface area contributed by atoms with Crippen molar-refractivity contribution in [1.29, 1.82) is 0 Å². The van der Waals surface area contributed by atoms with Crippen LogP contribution in [0.2, 0.25) is 5.02 Å². The van der Waals surface area contributed by atoms with Gasteiger partial charge in [-0.2, -0.15) is 18.3 Å². The van der Waals surface area contributed by atoms with Crippen molar-refractivity contribution in [1.82, 2.24) is 10.3 Å². The van der Waals surface area contributed by atoms with Crippen LogP contribution in [0.1, 0.15) is 56.7 Å². The number of carbonyl (C=O) groups excluding carboxylic acids is 2. The zero-order valence-electron chi connectivity index (χ0n) is 22.4. The summed E-state index contributed by atoms with van der Waals surface area (Å²) in [5.74, 6) is -0.511. The van der Waals surface area contributed by atoms with Gasteiger partial charge in [-0.05, 0) is 91.9 Å². The predicted octanol–water partition coefficient (Wildman–Crippen LogP) is 6.73. The number of piperidine rings is 1. The highest BCUT2D eigenvalue weighted by molar-refractivity contribution is 9.10. The van der Waals surface area contributed by atoms with Crippen molar-refractivity contribution < 1.29 is 27.9 Å². The van der Waals surface area contributed by atoms with Crippen LogP contribution in [-0.2, 0) is 12.7 Å². The minimum atomic E-state index is -4.63. The van der Waals surface area contributed by atoms with Gasteiger partial charge in [-0.15, -0.1) is 0 Å². The Morgan fingerprint density at radius 2 is 1.76 bits per heavy atom. The van der Waals surface area contributed by atoms with E-state index in [0.29, 0.717) is 16.0 Å². The summed E-state index contributed by atoms with van der Waals surface area (Å²) in [6, 6.07) is 15.3. The van der Waals surface area contributed by atoms with Crippen LogP contribution in [0.5, 0.6) is 0 Å². The van der Waals surface area contributed by atoms with Gasteiger partial charge < -0.3 is 10.4 Å². The number of anilines is 1. The maximum atomic E-state index is 13.1. The Kier molecular flexibility index (Phi) is 10.8. The van der Waals surface area contributed by atoms with E-state index in [1.54, 1.807) is 24.3 Å². The van der Waals surface area contributed by atoms with E-state index in [-0.39, 0.29) is 23.4 Å². The Bertz CT molecular complexity index is 1440. The summed E-state index contributed by atoms with van der Waals surface area (Å²) in [6.45, 7) is 2.95. The van der Waals surface area contributed by atoms with Crippen LogP contribution >= 0.6 is 27.5 Å². The average molecular weight is 666 g/mol. The van der Waals surface area contributed by atoms with Gasteiger partial charge >= 0.3 is 6.18 Å². The first kappa shape index (κ1) is 31.7. The van der Waals surface area contributed by atoms with E-state index >= 15 is 0 Å². The molecule has 1 aliphatic heterocycles. The van der Waals surface area contributed by atoms with Gasteiger partial charge in [0.1, 0.15) is 0 Å². The van der Waals surface area contributed by atoms with Crippen molar-refractivity contribution >= 4 is 51.2 Å². The number of hydrogen-bond donors (Lipinski definition) is 3. The molecule has 0 unspecified atom stereocenters. The van der Waals surface area contributed by atoms with E-state index in [1.807, 2.05) is 12.1 Å². The number of amides is 2. The zero-order valence-corrected chi connectivity index (χ0v) is 24.8. The van der Waals surface area contributed by atoms with E-state index in [4.69, 9.17) is 16.7 Å². The lowest BCUT2D eigenvalue weighted by atomic mass is 9.93. The molecule has 12 heteroatoms. The predicted molar refractivity (Wildman–Crippen MR) is 160 cm³/mol. The molecule has 42 heavy (non-hydrogen) atoms. The number of nitrogens with one attached hydrogen (secondary N) is 2. The molecule has 3 aromatic carbocycles. The van der Waals surface area contributed by atoms with Crippen LogP contribution in [0, 0.1) is 5.92 Å². The number of carbonyl (C=O) groups is 2. The van der Waals surface area contributed by atoms with Crippen LogP contribution in [0.4, 0.5) is 18.9 Å². The maximum Gasteiger partial charge on any atom is 0.417 e. The van der Waals surface area contributed by atoms with E-state index < -0.39 is 28.6 Å². The van der Waals surface area contributed by atoms with E-state index in [2.05, 4.69) is 36.7 Å². The topological polar surface area (TPSA) is 94.0 Å². The number of likely N-dealkylation sites (tertiary alicyclic amines) is 1. The standard InChI is InChI=1S/C30H29BrClF3N4O3/c31-23-6-8-27(24(16-23)29(42)38-36-17-21-3-7-26(32)25(15-21)30(33,34)35)37-28(41)22-4-1-20(2-5-22)18-39-12-9-19(10-13-39)11-14-40/h1-8,15-17,19,40H,9-14,18H2,(H,37,41)(H,38,42)/b36-17-. The number of hydrazone groups is 1. The molecule has 1 heterocycles. The summed E-state index contributed by atoms with van der Waals surface area (Å²) >= 11 is 8.95. The van der Waals surface area contributed by atoms with E-state index in [0.717, 1.165) is 62.8 Å². The third kappa shape index (κ3) is 8.64. The molecule has 0 bridgehead atoms. The molecule has 0 atom stereocenters. The molecule has 3 aromatic rings.